The molecule has 1 aliphatic heterocycles. The first-order valence-electron chi connectivity index (χ1n) is 10.7. The number of carbonyl (C=O) groups excluding carboxylic acids is 1. The van der Waals surface area contributed by atoms with Gasteiger partial charge in [0.25, 0.3) is 0 Å². The number of nitrogens with one attached hydrogen (secondary N) is 1. The van der Waals surface area contributed by atoms with Crippen molar-refractivity contribution in [3.63, 3.8) is 0 Å². The molecule has 1 aromatic heterocycles. The number of unbranched alkanes of at least 4 members (excludes halogenated alkanes) is 1. The lowest BCUT2D eigenvalue weighted by Gasteiger charge is -2.36. The Labute approximate surface area is 172 Å². The molecule has 2 atom stereocenters. The molecule has 7 nitrogen and oxygen atoms in total. The van der Waals surface area contributed by atoms with E-state index in [2.05, 4.69) is 34.2 Å². The number of hydrogen-bond acceptors (Lipinski definition) is 6. The summed E-state index contributed by atoms with van der Waals surface area (Å²) in [5, 5.41) is 7.22. The van der Waals surface area contributed by atoms with Gasteiger partial charge in [0.15, 0.2) is 0 Å². The summed E-state index contributed by atoms with van der Waals surface area (Å²) in [7, 11) is 0. The van der Waals surface area contributed by atoms with Crippen molar-refractivity contribution in [2.45, 2.75) is 59.0 Å². The molecule has 0 aliphatic carbocycles. The van der Waals surface area contributed by atoms with E-state index in [1.807, 2.05) is 31.2 Å². The van der Waals surface area contributed by atoms with Crippen molar-refractivity contribution in [1.82, 2.24) is 20.4 Å². The highest BCUT2D eigenvalue weighted by Crippen LogP contribution is 2.28. The summed E-state index contributed by atoms with van der Waals surface area (Å²) >= 11 is 0. The average molecular weight is 401 g/mol. The molecule has 0 bridgehead atoms. The number of nitrogens with zero attached hydrogens (tertiary/aromatic N) is 3. The topological polar surface area (TPSA) is 80.5 Å². The van der Waals surface area contributed by atoms with Crippen LogP contribution in [-0.2, 0) is 11.3 Å². The number of ether oxygens (including phenoxy) is 1. The van der Waals surface area contributed by atoms with E-state index in [9.17, 15) is 4.79 Å². The van der Waals surface area contributed by atoms with Gasteiger partial charge in [-0.25, -0.2) is 0 Å². The third-order valence-electron chi connectivity index (χ3n) is 5.45. The van der Waals surface area contributed by atoms with Gasteiger partial charge in [0.1, 0.15) is 5.75 Å². The van der Waals surface area contributed by atoms with Gasteiger partial charge in [-0.05, 0) is 45.2 Å². The average Bonchev–Trinajstić information content (AvgIpc) is 3.19. The van der Waals surface area contributed by atoms with Gasteiger partial charge in [-0.3, -0.25) is 9.69 Å². The third kappa shape index (κ3) is 5.56. The third-order valence-corrected chi connectivity index (χ3v) is 5.45. The van der Waals surface area contributed by atoms with Crippen LogP contribution in [0.15, 0.2) is 28.8 Å². The lowest BCUT2D eigenvalue weighted by Crippen LogP contribution is -2.46. The second kappa shape index (κ2) is 10.4. The van der Waals surface area contributed by atoms with Gasteiger partial charge in [0.2, 0.25) is 17.6 Å². The molecule has 1 aromatic carbocycles. The lowest BCUT2D eigenvalue weighted by atomic mass is 9.92. The molecule has 3 rings (SSSR count). The van der Waals surface area contributed by atoms with Crippen molar-refractivity contribution in [1.29, 1.82) is 0 Å². The van der Waals surface area contributed by atoms with Gasteiger partial charge in [0.05, 0.1) is 24.6 Å². The van der Waals surface area contributed by atoms with Gasteiger partial charge in [0, 0.05) is 19.1 Å². The molecule has 0 spiro atoms. The van der Waals surface area contributed by atoms with Crippen LogP contribution in [0.1, 0.15) is 52.3 Å². The van der Waals surface area contributed by atoms with Gasteiger partial charge in [-0.2, -0.15) is 4.98 Å². The van der Waals surface area contributed by atoms with Crippen molar-refractivity contribution in [2.75, 3.05) is 19.7 Å². The van der Waals surface area contributed by atoms with E-state index in [1.54, 1.807) is 0 Å². The Hall–Kier alpha value is -2.41. The number of benzene rings is 1. The minimum Gasteiger partial charge on any atom is -0.493 e. The van der Waals surface area contributed by atoms with Crippen molar-refractivity contribution < 1.29 is 14.1 Å². The van der Waals surface area contributed by atoms with Crippen LogP contribution in [0, 0.1) is 5.92 Å². The number of likely N-dealkylation sites (tertiary alicyclic amines) is 1. The molecule has 7 heteroatoms. The predicted molar refractivity (Wildman–Crippen MR) is 111 cm³/mol. The Kier molecular flexibility index (Phi) is 7.63. The second-order valence-corrected chi connectivity index (χ2v) is 7.64. The van der Waals surface area contributed by atoms with Crippen LogP contribution in [0.5, 0.6) is 5.75 Å². The van der Waals surface area contributed by atoms with Gasteiger partial charge >= 0.3 is 0 Å². The van der Waals surface area contributed by atoms with Crippen LogP contribution in [0.2, 0.25) is 0 Å². The molecule has 1 N–H and O–H groups in total. The molecule has 0 radical (unpaired) electrons. The molecule has 0 saturated carbocycles. The standard InChI is InChI=1S/C22H32N4O3/c1-4-6-13-23-22(27)17-12-11-16(3)26(14-17)15-20-24-21(25-29-20)18-9-7-8-10-19(18)28-5-2/h7-10,16-17H,4-6,11-15H2,1-3H3,(H,23,27). The highest BCUT2D eigenvalue weighted by atomic mass is 16.5. The molecule has 2 aromatic rings. The SMILES string of the molecule is CCCCNC(=O)C1CCC(C)N(Cc2nc(-c3ccccc3OCC)no2)C1. The molecule has 2 unspecified atom stereocenters. The maximum Gasteiger partial charge on any atom is 0.241 e. The van der Waals surface area contributed by atoms with Crippen molar-refractivity contribution in [3.05, 3.63) is 30.2 Å². The minimum absolute atomic E-state index is 0.0177. The first kappa shape index (κ1) is 21.3. The Morgan fingerprint density at radius 1 is 1.31 bits per heavy atom. The molecule has 1 amide bonds. The van der Waals surface area contributed by atoms with Crippen LogP contribution in [0.25, 0.3) is 11.4 Å². The van der Waals surface area contributed by atoms with Crippen molar-refractivity contribution in [2.24, 2.45) is 5.92 Å². The number of rotatable bonds is 9. The Morgan fingerprint density at radius 3 is 2.93 bits per heavy atom. The second-order valence-electron chi connectivity index (χ2n) is 7.64. The fourth-order valence-corrected chi connectivity index (χ4v) is 3.68. The fourth-order valence-electron chi connectivity index (χ4n) is 3.68. The molecule has 158 valence electrons. The lowest BCUT2D eigenvalue weighted by molar-refractivity contribution is -0.127. The number of para-hydroxylation sites is 1. The Balaban J connectivity index is 1.64. The summed E-state index contributed by atoms with van der Waals surface area (Å²) in [6.45, 7) is 8.86. The van der Waals surface area contributed by atoms with E-state index in [1.165, 1.54) is 0 Å². The highest BCUT2D eigenvalue weighted by Gasteiger charge is 2.30. The fraction of sp³-hybridized carbons (Fsp3) is 0.591. The zero-order chi connectivity index (χ0) is 20.6. The summed E-state index contributed by atoms with van der Waals surface area (Å²) in [6.07, 6.45) is 4.01. The van der Waals surface area contributed by atoms with E-state index in [4.69, 9.17) is 9.26 Å². The first-order chi connectivity index (χ1) is 14.1. The Morgan fingerprint density at radius 2 is 2.14 bits per heavy atom. The van der Waals surface area contributed by atoms with Gasteiger partial charge < -0.3 is 14.6 Å². The van der Waals surface area contributed by atoms with Crippen LogP contribution >= 0.6 is 0 Å². The van der Waals surface area contributed by atoms with E-state index in [0.29, 0.717) is 37.5 Å². The van der Waals surface area contributed by atoms with Crippen molar-refractivity contribution in [3.8, 4) is 17.1 Å². The molecular formula is C22H32N4O3. The van der Waals surface area contributed by atoms with Crippen LogP contribution < -0.4 is 10.1 Å². The Bertz CT molecular complexity index is 792. The summed E-state index contributed by atoms with van der Waals surface area (Å²) in [5.74, 6) is 2.02. The van der Waals surface area contributed by atoms with Crippen LogP contribution in [-0.4, -0.2) is 46.7 Å². The van der Waals surface area contributed by atoms with Crippen molar-refractivity contribution >= 4 is 5.91 Å². The zero-order valence-corrected chi connectivity index (χ0v) is 17.7. The quantitative estimate of drug-likeness (QED) is 0.647. The normalized spacial score (nSPS) is 19.8. The number of carbonyl (C=O) groups is 1. The van der Waals surface area contributed by atoms with E-state index < -0.39 is 0 Å². The number of amides is 1. The highest BCUT2D eigenvalue weighted by molar-refractivity contribution is 5.78. The van der Waals surface area contributed by atoms with Crippen LogP contribution in [0.3, 0.4) is 0 Å². The molecule has 1 aliphatic rings. The maximum atomic E-state index is 12.5. The maximum absolute atomic E-state index is 12.5. The molecule has 29 heavy (non-hydrogen) atoms. The number of hydrogen-bond donors (Lipinski definition) is 1. The summed E-state index contributed by atoms with van der Waals surface area (Å²) in [5.41, 5.74) is 0.823. The van der Waals surface area contributed by atoms with Gasteiger partial charge in [-0.1, -0.05) is 30.6 Å². The van der Waals surface area contributed by atoms with Gasteiger partial charge in [-0.15, -0.1) is 0 Å². The monoisotopic (exact) mass is 400 g/mol. The largest absolute Gasteiger partial charge is 0.493 e. The smallest absolute Gasteiger partial charge is 0.241 e. The molecule has 2 heterocycles. The van der Waals surface area contributed by atoms with Crippen LogP contribution in [0.4, 0.5) is 0 Å². The van der Waals surface area contributed by atoms with E-state index in [-0.39, 0.29) is 11.8 Å². The predicted octanol–water partition coefficient (Wildman–Crippen LogP) is 3.65. The minimum atomic E-state index is 0.0177. The molecule has 1 fully saturated rings. The summed E-state index contributed by atoms with van der Waals surface area (Å²) in [4.78, 5) is 19.3. The number of aromatic nitrogens is 2. The van der Waals surface area contributed by atoms with E-state index >= 15 is 0 Å². The first-order valence-corrected chi connectivity index (χ1v) is 10.7. The molecule has 1 saturated heterocycles. The zero-order valence-electron chi connectivity index (χ0n) is 17.7. The van der Waals surface area contributed by atoms with E-state index in [0.717, 1.165) is 43.5 Å². The summed E-state index contributed by atoms with van der Waals surface area (Å²) in [6, 6.07) is 8.07. The summed E-state index contributed by atoms with van der Waals surface area (Å²) < 4.78 is 11.2. The number of piperidine rings is 1. The molecular weight excluding hydrogens is 368 g/mol.